The van der Waals surface area contributed by atoms with E-state index in [0.717, 1.165) is 63.0 Å². The highest BCUT2D eigenvalue weighted by Gasteiger charge is 2.28. The zero-order valence-electron chi connectivity index (χ0n) is 31.9. The number of nitrogens with zero attached hydrogens (tertiary/aromatic N) is 7. The van der Waals surface area contributed by atoms with Crippen LogP contribution in [-0.2, 0) is 22.9 Å². The number of benzene rings is 2. The van der Waals surface area contributed by atoms with Crippen molar-refractivity contribution in [2.75, 3.05) is 50.8 Å². The van der Waals surface area contributed by atoms with Crippen molar-refractivity contribution in [3.05, 3.63) is 77.1 Å². The van der Waals surface area contributed by atoms with Gasteiger partial charge in [-0.3, -0.25) is 9.69 Å². The number of aryl methyl sites for hydroxylation is 1. The Morgan fingerprint density at radius 2 is 1.78 bits per heavy atom. The molecule has 1 amide bonds. The highest BCUT2D eigenvalue weighted by atomic mass is 32.2. The highest BCUT2D eigenvalue weighted by molar-refractivity contribution is 7.91. The fraction of sp³-hybridized carbons (Fsp3) is 0.500. The summed E-state index contributed by atoms with van der Waals surface area (Å²) in [5.74, 6) is 0.290. The van der Waals surface area contributed by atoms with E-state index in [-0.39, 0.29) is 34.6 Å². The zero-order valence-corrected chi connectivity index (χ0v) is 32.7. The van der Waals surface area contributed by atoms with Crippen molar-refractivity contribution in [1.29, 1.82) is 5.26 Å². The number of likely N-dealkylation sites (tertiary alicyclic amines) is 2. The van der Waals surface area contributed by atoms with Crippen LogP contribution in [0.4, 0.5) is 10.2 Å². The van der Waals surface area contributed by atoms with Crippen LogP contribution in [0.3, 0.4) is 0 Å². The Labute approximate surface area is 317 Å². The van der Waals surface area contributed by atoms with Crippen molar-refractivity contribution in [3.63, 3.8) is 0 Å². The number of halogens is 1. The lowest BCUT2D eigenvalue weighted by molar-refractivity contribution is 0.0713. The summed E-state index contributed by atoms with van der Waals surface area (Å²) in [6, 6.07) is 12.7. The van der Waals surface area contributed by atoms with E-state index in [1.54, 1.807) is 11.1 Å². The molecule has 0 spiro atoms. The van der Waals surface area contributed by atoms with Gasteiger partial charge in [0, 0.05) is 68.5 Å². The van der Waals surface area contributed by atoms with Gasteiger partial charge in [0.05, 0.1) is 17.0 Å². The summed E-state index contributed by atoms with van der Waals surface area (Å²) >= 11 is 0. The molecule has 0 radical (unpaired) electrons. The molecule has 4 heterocycles. The zero-order chi connectivity index (χ0) is 38.6. The third-order valence-electron chi connectivity index (χ3n) is 11.0. The van der Waals surface area contributed by atoms with Crippen LogP contribution in [0.1, 0.15) is 73.6 Å². The quantitative estimate of drug-likeness (QED) is 0.173. The van der Waals surface area contributed by atoms with E-state index in [1.807, 2.05) is 26.8 Å². The summed E-state index contributed by atoms with van der Waals surface area (Å²) in [4.78, 5) is 28.4. The fourth-order valence-electron chi connectivity index (χ4n) is 7.77. The van der Waals surface area contributed by atoms with Crippen molar-refractivity contribution < 1.29 is 22.3 Å². The lowest BCUT2D eigenvalue weighted by Gasteiger charge is -2.33. The molecule has 12 nitrogen and oxygen atoms in total. The number of amides is 1. The molecule has 288 valence electrons. The number of carbonyl (C=O) groups excluding carboxylic acids is 1. The maximum absolute atomic E-state index is 14.3. The Morgan fingerprint density at radius 1 is 1.06 bits per heavy atom. The number of nitriles is 1. The molecule has 0 unspecified atom stereocenters. The van der Waals surface area contributed by atoms with Crippen LogP contribution < -0.4 is 10.1 Å². The molecule has 2 aromatic carbocycles. The number of hydrogen-bond acceptors (Lipinski definition) is 10. The first kappa shape index (κ1) is 39.1. The van der Waals surface area contributed by atoms with Crippen LogP contribution in [-0.4, -0.2) is 106 Å². The van der Waals surface area contributed by atoms with Gasteiger partial charge in [0.2, 0.25) is 0 Å². The van der Waals surface area contributed by atoms with Gasteiger partial charge < -0.3 is 24.4 Å². The predicted molar refractivity (Wildman–Crippen MR) is 208 cm³/mol. The molecule has 2 aromatic heterocycles. The molecule has 4 aromatic rings. The van der Waals surface area contributed by atoms with E-state index < -0.39 is 15.7 Å². The number of nitrogens with one attached hydrogen (secondary N) is 1. The number of piperidine rings is 2. The monoisotopic (exact) mass is 758 g/mol. The summed E-state index contributed by atoms with van der Waals surface area (Å²) in [7, 11) is -3.01. The number of aromatic nitrogens is 3. The number of sulfone groups is 1. The molecule has 0 atom stereocenters. The number of fused-ring (bicyclic) bond motifs is 1. The lowest BCUT2D eigenvalue weighted by Crippen LogP contribution is -2.40. The molecule has 1 N–H and O–H groups in total. The smallest absolute Gasteiger partial charge is 0.257 e. The van der Waals surface area contributed by atoms with E-state index in [1.165, 1.54) is 41.9 Å². The third kappa shape index (κ3) is 8.86. The SMILES string of the molecule is CCN(C(=O)c1cc(F)ccc1Oc1cncnc1NC1CCN(Cc2ccc3c(cc(C#N)n3CCN3CCC(S(C)(=O)=O)CC3)c2C)CC1)C(C)C. The fourth-order valence-corrected chi connectivity index (χ4v) is 8.84. The van der Waals surface area contributed by atoms with Crippen LogP contribution in [0.15, 0.2) is 48.9 Å². The summed E-state index contributed by atoms with van der Waals surface area (Å²) in [5, 5.41) is 14.4. The minimum atomic E-state index is -3.01. The number of hydrogen-bond donors (Lipinski definition) is 1. The van der Waals surface area contributed by atoms with Gasteiger partial charge in [-0.1, -0.05) is 6.07 Å². The Balaban J connectivity index is 1.07. The second-order valence-electron chi connectivity index (χ2n) is 14.8. The van der Waals surface area contributed by atoms with Gasteiger partial charge in [-0.25, -0.2) is 22.8 Å². The van der Waals surface area contributed by atoms with Crippen LogP contribution in [0.25, 0.3) is 10.9 Å². The van der Waals surface area contributed by atoms with Gasteiger partial charge in [0.15, 0.2) is 11.6 Å². The molecule has 2 fully saturated rings. The lowest BCUT2D eigenvalue weighted by atomic mass is 10.0. The van der Waals surface area contributed by atoms with Gasteiger partial charge in [0.25, 0.3) is 5.91 Å². The van der Waals surface area contributed by atoms with Crippen molar-refractivity contribution in [1.82, 2.24) is 29.2 Å². The Kier molecular flexibility index (Phi) is 12.2. The topological polar surface area (TPSA) is 137 Å². The highest BCUT2D eigenvalue weighted by Crippen LogP contribution is 2.33. The van der Waals surface area contributed by atoms with E-state index in [4.69, 9.17) is 4.74 Å². The minimum absolute atomic E-state index is 0.0608. The number of ether oxygens (including phenoxy) is 1. The van der Waals surface area contributed by atoms with Gasteiger partial charge >= 0.3 is 0 Å². The summed E-state index contributed by atoms with van der Waals surface area (Å²) in [6.45, 7) is 13.8. The Bertz CT molecular complexity index is 2120. The van der Waals surface area contributed by atoms with Crippen molar-refractivity contribution in [2.24, 2.45) is 0 Å². The first-order valence-corrected chi connectivity index (χ1v) is 20.8. The average molecular weight is 759 g/mol. The van der Waals surface area contributed by atoms with Gasteiger partial charge in [-0.2, -0.15) is 5.26 Å². The number of carbonyl (C=O) groups is 1. The Morgan fingerprint density at radius 3 is 2.44 bits per heavy atom. The van der Waals surface area contributed by atoms with Crippen molar-refractivity contribution >= 4 is 32.5 Å². The molecule has 0 saturated carbocycles. The first-order chi connectivity index (χ1) is 25.9. The van der Waals surface area contributed by atoms with Gasteiger partial charge in [0.1, 0.15) is 39.5 Å². The largest absolute Gasteiger partial charge is 0.451 e. The maximum Gasteiger partial charge on any atom is 0.257 e. The normalized spacial score (nSPS) is 16.5. The molecule has 6 rings (SSSR count). The third-order valence-corrected chi connectivity index (χ3v) is 12.7. The van der Waals surface area contributed by atoms with Crippen LogP contribution in [0.5, 0.6) is 11.5 Å². The van der Waals surface area contributed by atoms with E-state index in [0.29, 0.717) is 43.2 Å². The van der Waals surface area contributed by atoms with E-state index >= 15 is 0 Å². The molecule has 2 saturated heterocycles. The van der Waals surface area contributed by atoms with Crippen LogP contribution in [0, 0.1) is 24.1 Å². The molecule has 54 heavy (non-hydrogen) atoms. The van der Waals surface area contributed by atoms with E-state index in [2.05, 4.69) is 54.8 Å². The van der Waals surface area contributed by atoms with E-state index in [9.17, 15) is 22.9 Å². The summed E-state index contributed by atoms with van der Waals surface area (Å²) in [6.07, 6.45) is 7.39. The first-order valence-electron chi connectivity index (χ1n) is 18.9. The van der Waals surface area contributed by atoms with Crippen LogP contribution in [0.2, 0.25) is 0 Å². The molecule has 14 heteroatoms. The second-order valence-corrected chi connectivity index (χ2v) is 17.1. The molecular weight excluding hydrogens is 708 g/mol. The molecule has 0 bridgehead atoms. The second kappa shape index (κ2) is 16.8. The van der Waals surface area contributed by atoms with Crippen molar-refractivity contribution in [3.8, 4) is 17.6 Å². The molecular formula is C40H51FN8O4S. The minimum Gasteiger partial charge on any atom is -0.451 e. The Hall–Kier alpha value is -4.58. The van der Waals surface area contributed by atoms with Crippen LogP contribution >= 0.6 is 0 Å². The molecule has 2 aliphatic rings. The summed E-state index contributed by atoms with van der Waals surface area (Å²) in [5.41, 5.74) is 4.23. The number of rotatable bonds is 13. The van der Waals surface area contributed by atoms with Gasteiger partial charge in [-0.05, 0) is 108 Å². The standard InChI is InChI=1S/C40H51FN8O4S/c1-6-48(27(2)3)40(50)35-21-30(41)8-10-37(35)53-38-24-43-26-44-39(38)45-31-11-15-47(16-12-31)25-29-7-9-36-34(28(29)4)22-32(23-42)49(36)20-19-46-17-13-33(14-18-46)54(5,51)52/h7-10,21-22,24,26-27,31,33H,6,11-20,25H2,1-5H3,(H,43,44,45). The molecule has 0 aliphatic carbocycles. The number of anilines is 1. The van der Waals surface area contributed by atoms with Crippen molar-refractivity contribution in [2.45, 2.75) is 83.8 Å². The predicted octanol–water partition coefficient (Wildman–Crippen LogP) is 6.00. The van der Waals surface area contributed by atoms with Gasteiger partial charge in [-0.15, -0.1) is 0 Å². The maximum atomic E-state index is 14.3. The summed E-state index contributed by atoms with van der Waals surface area (Å²) < 4.78 is 46.6. The molecule has 2 aliphatic heterocycles. The average Bonchev–Trinajstić information content (AvgIpc) is 3.52.